The van der Waals surface area contributed by atoms with Gasteiger partial charge in [0.2, 0.25) is 5.13 Å². The van der Waals surface area contributed by atoms with Crippen molar-refractivity contribution in [3.63, 3.8) is 0 Å². The molecule has 3 aromatic rings. The van der Waals surface area contributed by atoms with Gasteiger partial charge in [0.1, 0.15) is 11.5 Å². The Morgan fingerprint density at radius 3 is 2.88 bits per heavy atom. The molecule has 0 saturated heterocycles. The monoisotopic (exact) mass is 358 g/mol. The summed E-state index contributed by atoms with van der Waals surface area (Å²) in [5.41, 5.74) is 0.625. The molecule has 0 amide bonds. The maximum absolute atomic E-state index is 8.75. The standard InChI is InChI=1S/C16H14N4O2S2/c17-10-12-3-5-13(6-4-12)22-8-9-23-16-20-19-15(24-16)18-11-14-2-1-7-21-14/h1-7H,8-9,11H2,(H,18,19). The summed E-state index contributed by atoms with van der Waals surface area (Å²) >= 11 is 3.10. The van der Waals surface area contributed by atoms with Crippen molar-refractivity contribution in [2.75, 3.05) is 17.7 Å². The quantitative estimate of drug-likeness (QED) is 0.484. The van der Waals surface area contributed by atoms with E-state index < -0.39 is 0 Å². The molecule has 6 nitrogen and oxygen atoms in total. The highest BCUT2D eigenvalue weighted by Crippen LogP contribution is 2.25. The number of nitrogens with zero attached hydrogens (tertiary/aromatic N) is 3. The topological polar surface area (TPSA) is 84.0 Å². The Hall–Kier alpha value is -2.50. The lowest BCUT2D eigenvalue weighted by atomic mass is 10.2. The Bertz CT molecular complexity index is 794. The Balaban J connectivity index is 1.38. The number of hydrogen-bond acceptors (Lipinski definition) is 8. The molecule has 0 fully saturated rings. The zero-order valence-corrected chi connectivity index (χ0v) is 14.3. The molecule has 3 rings (SSSR count). The smallest absolute Gasteiger partial charge is 0.206 e. The van der Waals surface area contributed by atoms with Crippen LogP contribution in [0.4, 0.5) is 5.13 Å². The number of aromatic nitrogens is 2. The third-order valence-corrected chi connectivity index (χ3v) is 4.94. The average Bonchev–Trinajstić information content (AvgIpc) is 3.29. The number of benzene rings is 1. The van der Waals surface area contributed by atoms with E-state index in [-0.39, 0.29) is 0 Å². The SMILES string of the molecule is N#Cc1ccc(OCCSc2nnc(NCc3ccco3)s2)cc1. The van der Waals surface area contributed by atoms with Crippen LogP contribution in [0, 0.1) is 11.3 Å². The van der Waals surface area contributed by atoms with E-state index in [1.807, 2.05) is 12.1 Å². The number of thioether (sulfide) groups is 1. The van der Waals surface area contributed by atoms with Gasteiger partial charge >= 0.3 is 0 Å². The second-order valence-electron chi connectivity index (χ2n) is 4.64. The summed E-state index contributed by atoms with van der Waals surface area (Å²) in [4.78, 5) is 0. The summed E-state index contributed by atoms with van der Waals surface area (Å²) in [5.74, 6) is 2.38. The molecule has 122 valence electrons. The summed E-state index contributed by atoms with van der Waals surface area (Å²) in [6.45, 7) is 1.15. The molecule has 8 heteroatoms. The lowest BCUT2D eigenvalue weighted by Gasteiger charge is -2.04. The average molecular weight is 358 g/mol. The van der Waals surface area contributed by atoms with E-state index in [1.54, 1.807) is 42.3 Å². The molecule has 0 spiro atoms. The molecule has 2 heterocycles. The first kappa shape index (κ1) is 16.4. The highest BCUT2D eigenvalue weighted by molar-refractivity contribution is 8.01. The van der Waals surface area contributed by atoms with E-state index in [1.165, 1.54) is 11.3 Å². The van der Waals surface area contributed by atoms with Crippen molar-refractivity contribution in [2.45, 2.75) is 10.9 Å². The number of hydrogen-bond donors (Lipinski definition) is 1. The van der Waals surface area contributed by atoms with Gasteiger partial charge in [0, 0.05) is 5.75 Å². The van der Waals surface area contributed by atoms with Gasteiger partial charge in [-0.2, -0.15) is 5.26 Å². The summed E-state index contributed by atoms with van der Waals surface area (Å²) in [7, 11) is 0. The number of nitrogens with one attached hydrogen (secondary N) is 1. The Morgan fingerprint density at radius 1 is 1.25 bits per heavy atom. The van der Waals surface area contributed by atoms with Crippen LogP contribution < -0.4 is 10.1 Å². The Kier molecular flexibility index (Phi) is 5.71. The van der Waals surface area contributed by atoms with E-state index in [0.717, 1.165) is 26.7 Å². The minimum Gasteiger partial charge on any atom is -0.493 e. The fourth-order valence-corrected chi connectivity index (χ4v) is 3.47. The summed E-state index contributed by atoms with van der Waals surface area (Å²) in [5, 5.41) is 20.9. The van der Waals surface area contributed by atoms with Crippen molar-refractivity contribution < 1.29 is 9.15 Å². The molecule has 1 N–H and O–H groups in total. The zero-order valence-electron chi connectivity index (χ0n) is 12.6. The molecule has 0 bridgehead atoms. The lowest BCUT2D eigenvalue weighted by Crippen LogP contribution is -1.99. The first-order valence-electron chi connectivity index (χ1n) is 7.19. The van der Waals surface area contributed by atoms with Crippen molar-refractivity contribution in [3.8, 4) is 11.8 Å². The molecule has 1 aromatic carbocycles. The van der Waals surface area contributed by atoms with E-state index in [0.29, 0.717) is 18.7 Å². The highest BCUT2D eigenvalue weighted by Gasteiger charge is 2.05. The van der Waals surface area contributed by atoms with Crippen molar-refractivity contribution in [1.82, 2.24) is 10.2 Å². The van der Waals surface area contributed by atoms with Gasteiger partial charge in [0.25, 0.3) is 0 Å². The Labute approximate surface area is 147 Å². The number of rotatable bonds is 8. The highest BCUT2D eigenvalue weighted by atomic mass is 32.2. The molecule has 0 saturated carbocycles. The summed E-state index contributed by atoms with van der Waals surface area (Å²) in [6.07, 6.45) is 1.65. The molecule has 2 aromatic heterocycles. The van der Waals surface area contributed by atoms with Crippen molar-refractivity contribution >= 4 is 28.2 Å². The van der Waals surface area contributed by atoms with Crippen LogP contribution in [0.25, 0.3) is 0 Å². The maximum Gasteiger partial charge on any atom is 0.206 e. The summed E-state index contributed by atoms with van der Waals surface area (Å²) < 4.78 is 11.8. The number of nitriles is 1. The van der Waals surface area contributed by atoms with Crippen LogP contribution in [0.5, 0.6) is 5.75 Å². The molecule has 0 unspecified atom stereocenters. The van der Waals surface area contributed by atoms with Crippen molar-refractivity contribution in [3.05, 3.63) is 54.0 Å². The largest absolute Gasteiger partial charge is 0.493 e. The van der Waals surface area contributed by atoms with Gasteiger partial charge in [0.05, 0.1) is 31.0 Å². The van der Waals surface area contributed by atoms with Crippen molar-refractivity contribution in [1.29, 1.82) is 5.26 Å². The number of anilines is 1. The van der Waals surface area contributed by atoms with Crippen molar-refractivity contribution in [2.24, 2.45) is 0 Å². The zero-order chi connectivity index (χ0) is 16.6. The van der Waals surface area contributed by atoms with Gasteiger partial charge in [-0.15, -0.1) is 10.2 Å². The first-order chi connectivity index (χ1) is 11.8. The fraction of sp³-hybridized carbons (Fsp3) is 0.188. The van der Waals surface area contributed by atoms with E-state index in [9.17, 15) is 0 Å². The second-order valence-corrected chi connectivity index (χ2v) is 6.96. The summed E-state index contributed by atoms with van der Waals surface area (Å²) in [6, 6.07) is 12.9. The van der Waals surface area contributed by atoms with E-state index >= 15 is 0 Å². The van der Waals surface area contributed by atoms with Crippen LogP contribution in [0.3, 0.4) is 0 Å². The van der Waals surface area contributed by atoms with Gasteiger partial charge < -0.3 is 14.5 Å². The van der Waals surface area contributed by atoms with E-state index in [4.69, 9.17) is 14.4 Å². The molecule has 0 aliphatic heterocycles. The third kappa shape index (κ3) is 4.75. The van der Waals surface area contributed by atoms with E-state index in [2.05, 4.69) is 21.6 Å². The number of ether oxygens (including phenoxy) is 1. The second kappa shape index (κ2) is 8.38. The molecular weight excluding hydrogens is 344 g/mol. The van der Waals surface area contributed by atoms with Crippen LogP contribution in [0.1, 0.15) is 11.3 Å². The molecule has 0 aliphatic rings. The maximum atomic E-state index is 8.75. The number of furan rings is 1. The molecule has 0 radical (unpaired) electrons. The molecular formula is C16H14N4O2S2. The molecule has 0 aliphatic carbocycles. The predicted octanol–water partition coefficient (Wildman–Crippen LogP) is 3.79. The van der Waals surface area contributed by atoms with Crippen LogP contribution >= 0.6 is 23.1 Å². The lowest BCUT2D eigenvalue weighted by molar-refractivity contribution is 0.344. The first-order valence-corrected chi connectivity index (χ1v) is 8.99. The minimum atomic E-state index is 0.561. The van der Waals surface area contributed by atoms with Crippen LogP contribution in [0.2, 0.25) is 0 Å². The fourth-order valence-electron chi connectivity index (χ4n) is 1.83. The van der Waals surface area contributed by atoms with Gasteiger partial charge in [-0.3, -0.25) is 0 Å². The van der Waals surface area contributed by atoms with Gasteiger partial charge in [-0.1, -0.05) is 23.1 Å². The molecule has 0 atom stereocenters. The van der Waals surface area contributed by atoms with Gasteiger partial charge in [-0.25, -0.2) is 0 Å². The minimum absolute atomic E-state index is 0.561. The van der Waals surface area contributed by atoms with Crippen LogP contribution in [-0.4, -0.2) is 22.6 Å². The van der Waals surface area contributed by atoms with Gasteiger partial charge in [-0.05, 0) is 36.4 Å². The van der Waals surface area contributed by atoms with Crippen LogP contribution in [-0.2, 0) is 6.54 Å². The predicted molar refractivity (Wildman–Crippen MR) is 93.3 cm³/mol. The van der Waals surface area contributed by atoms with Gasteiger partial charge in [0.15, 0.2) is 4.34 Å². The normalized spacial score (nSPS) is 10.3. The van der Waals surface area contributed by atoms with Crippen LogP contribution in [0.15, 0.2) is 51.4 Å². The molecule has 24 heavy (non-hydrogen) atoms. The Morgan fingerprint density at radius 2 is 2.12 bits per heavy atom. The third-order valence-electron chi connectivity index (χ3n) is 2.96.